The number of halogens is 1. The molecule has 0 saturated carbocycles. The predicted octanol–water partition coefficient (Wildman–Crippen LogP) is 6.25. The fourth-order valence-electron chi connectivity index (χ4n) is 3.36. The number of methoxy groups -OCH3 is 1. The number of aryl methyl sites for hydroxylation is 1. The van der Waals surface area contributed by atoms with E-state index in [0.29, 0.717) is 27.7 Å². The molecule has 0 aliphatic rings. The zero-order chi connectivity index (χ0) is 23.5. The Labute approximate surface area is 205 Å². The largest absolute Gasteiger partial charge is 0.497 e. The predicted molar refractivity (Wildman–Crippen MR) is 132 cm³/mol. The van der Waals surface area contributed by atoms with Gasteiger partial charge < -0.3 is 9.15 Å². The molecule has 34 heavy (non-hydrogen) atoms. The lowest BCUT2D eigenvalue weighted by atomic mass is 10.1. The lowest BCUT2D eigenvalue weighted by molar-refractivity contribution is 0.415. The minimum atomic E-state index is 0.447. The van der Waals surface area contributed by atoms with Crippen LogP contribution in [0, 0.1) is 6.92 Å². The van der Waals surface area contributed by atoms with Crippen LogP contribution in [-0.2, 0) is 5.75 Å². The minimum absolute atomic E-state index is 0.447. The monoisotopic (exact) mass is 489 g/mol. The van der Waals surface area contributed by atoms with Gasteiger partial charge in [0.25, 0.3) is 0 Å². The highest BCUT2D eigenvalue weighted by molar-refractivity contribution is 7.98. The third kappa shape index (κ3) is 4.69. The molecule has 5 rings (SSSR count). The number of nitrogens with zero attached hydrogens (tertiary/aromatic N) is 5. The zero-order valence-electron chi connectivity index (χ0n) is 18.5. The summed E-state index contributed by atoms with van der Waals surface area (Å²) < 4.78 is 13.1. The molecule has 170 valence electrons. The van der Waals surface area contributed by atoms with Crippen molar-refractivity contribution < 1.29 is 9.15 Å². The quantitative estimate of drug-likeness (QED) is 0.250. The first-order valence-electron chi connectivity index (χ1n) is 10.5. The van der Waals surface area contributed by atoms with Gasteiger partial charge in [-0.25, -0.2) is 0 Å². The van der Waals surface area contributed by atoms with Gasteiger partial charge in [-0.1, -0.05) is 53.2 Å². The van der Waals surface area contributed by atoms with Crippen LogP contribution in [0.3, 0.4) is 0 Å². The van der Waals surface area contributed by atoms with E-state index in [9.17, 15) is 0 Å². The molecule has 0 bridgehead atoms. The van der Waals surface area contributed by atoms with E-state index in [1.807, 2.05) is 65.2 Å². The van der Waals surface area contributed by atoms with Gasteiger partial charge in [0.15, 0.2) is 11.0 Å². The third-order valence-electron chi connectivity index (χ3n) is 5.16. The van der Waals surface area contributed by atoms with Gasteiger partial charge in [-0.3, -0.25) is 4.57 Å². The van der Waals surface area contributed by atoms with Gasteiger partial charge in [-0.15, -0.1) is 20.4 Å². The van der Waals surface area contributed by atoms with Gasteiger partial charge in [-0.2, -0.15) is 0 Å². The number of thioether (sulfide) groups is 1. The van der Waals surface area contributed by atoms with Crippen molar-refractivity contribution in [1.29, 1.82) is 0 Å². The number of ether oxygens (including phenoxy) is 1. The number of hydrogen-bond donors (Lipinski definition) is 0. The summed E-state index contributed by atoms with van der Waals surface area (Å²) in [6.07, 6.45) is 0. The highest BCUT2D eigenvalue weighted by Gasteiger charge is 2.18. The second kappa shape index (κ2) is 9.70. The standard InChI is InChI=1S/C25H20ClN5O2S/c1-16-3-5-17(6-4-16)23-28-30-25(31(23)20-11-9-19(26)10-12-20)34-15-22-27-29-24(33-22)18-7-13-21(32-2)14-8-18/h3-14H,15H2,1-2H3. The molecule has 2 heterocycles. The second-order valence-electron chi connectivity index (χ2n) is 7.50. The number of rotatable bonds is 7. The highest BCUT2D eigenvalue weighted by Crippen LogP contribution is 2.31. The van der Waals surface area contributed by atoms with Crippen LogP contribution in [0.2, 0.25) is 5.02 Å². The van der Waals surface area contributed by atoms with Gasteiger partial charge in [0.2, 0.25) is 11.8 Å². The summed E-state index contributed by atoms with van der Waals surface area (Å²) in [4.78, 5) is 0. The average Bonchev–Trinajstić information content (AvgIpc) is 3.51. The van der Waals surface area contributed by atoms with Crippen molar-refractivity contribution in [3.63, 3.8) is 0 Å². The Balaban J connectivity index is 1.42. The number of hydrogen-bond acceptors (Lipinski definition) is 7. The van der Waals surface area contributed by atoms with Crippen molar-refractivity contribution in [2.45, 2.75) is 17.8 Å². The normalized spacial score (nSPS) is 11.0. The SMILES string of the molecule is COc1ccc(-c2nnc(CSc3nnc(-c4ccc(C)cc4)n3-c3ccc(Cl)cc3)o2)cc1. The molecule has 3 aromatic carbocycles. The van der Waals surface area contributed by atoms with Crippen LogP contribution in [0.5, 0.6) is 5.75 Å². The zero-order valence-corrected chi connectivity index (χ0v) is 20.0. The Morgan fingerprint density at radius 3 is 2.26 bits per heavy atom. The van der Waals surface area contributed by atoms with Crippen LogP contribution in [-0.4, -0.2) is 32.1 Å². The molecule has 0 atom stereocenters. The number of benzene rings is 3. The van der Waals surface area contributed by atoms with Gasteiger partial charge in [-0.05, 0) is 55.5 Å². The molecule has 9 heteroatoms. The van der Waals surface area contributed by atoms with Gasteiger partial charge in [0.1, 0.15) is 5.75 Å². The molecule has 7 nitrogen and oxygen atoms in total. The van der Waals surface area contributed by atoms with E-state index < -0.39 is 0 Å². The molecule has 0 N–H and O–H groups in total. The number of aromatic nitrogens is 5. The molecular weight excluding hydrogens is 470 g/mol. The van der Waals surface area contributed by atoms with E-state index in [4.69, 9.17) is 20.8 Å². The van der Waals surface area contributed by atoms with Crippen molar-refractivity contribution in [2.75, 3.05) is 7.11 Å². The lowest BCUT2D eigenvalue weighted by Crippen LogP contribution is -2.00. The van der Waals surface area contributed by atoms with E-state index in [2.05, 4.69) is 39.5 Å². The Bertz CT molecular complexity index is 1400. The first-order chi connectivity index (χ1) is 16.6. The molecule has 0 amide bonds. The van der Waals surface area contributed by atoms with Crippen molar-refractivity contribution in [3.05, 3.63) is 89.3 Å². The van der Waals surface area contributed by atoms with Crippen molar-refractivity contribution in [3.8, 4) is 34.3 Å². The summed E-state index contributed by atoms with van der Waals surface area (Å²) in [5.41, 5.74) is 3.90. The van der Waals surface area contributed by atoms with Crippen LogP contribution in [0.25, 0.3) is 28.5 Å². The van der Waals surface area contributed by atoms with Gasteiger partial charge in [0, 0.05) is 21.8 Å². The van der Waals surface area contributed by atoms with Crippen LogP contribution < -0.4 is 4.74 Å². The van der Waals surface area contributed by atoms with Crippen LogP contribution >= 0.6 is 23.4 Å². The Kier molecular flexibility index (Phi) is 6.33. The summed E-state index contributed by atoms with van der Waals surface area (Å²) in [6, 6.07) is 23.3. The van der Waals surface area contributed by atoms with Gasteiger partial charge in [0.05, 0.1) is 12.9 Å². The summed E-state index contributed by atoms with van der Waals surface area (Å²) in [6.45, 7) is 2.06. The van der Waals surface area contributed by atoms with E-state index in [1.165, 1.54) is 17.3 Å². The molecular formula is C25H20ClN5O2S. The molecule has 5 aromatic rings. The molecule has 0 fully saturated rings. The Morgan fingerprint density at radius 2 is 1.56 bits per heavy atom. The summed E-state index contributed by atoms with van der Waals surface area (Å²) in [7, 11) is 1.63. The minimum Gasteiger partial charge on any atom is -0.497 e. The van der Waals surface area contributed by atoms with E-state index in [0.717, 1.165) is 28.4 Å². The lowest BCUT2D eigenvalue weighted by Gasteiger charge is -2.10. The molecule has 0 spiro atoms. The molecule has 2 aromatic heterocycles. The molecule has 0 radical (unpaired) electrons. The van der Waals surface area contributed by atoms with Crippen molar-refractivity contribution in [2.24, 2.45) is 0 Å². The van der Waals surface area contributed by atoms with Crippen molar-refractivity contribution in [1.82, 2.24) is 25.0 Å². The molecule has 0 aliphatic heterocycles. The maximum Gasteiger partial charge on any atom is 0.247 e. The van der Waals surface area contributed by atoms with Crippen LogP contribution in [0.1, 0.15) is 11.5 Å². The topological polar surface area (TPSA) is 78.9 Å². The summed E-state index contributed by atoms with van der Waals surface area (Å²) in [5, 5.41) is 18.7. The third-order valence-corrected chi connectivity index (χ3v) is 6.32. The highest BCUT2D eigenvalue weighted by atomic mass is 35.5. The summed E-state index contributed by atoms with van der Waals surface area (Å²) in [5.74, 6) is 2.92. The van der Waals surface area contributed by atoms with Crippen LogP contribution in [0.4, 0.5) is 0 Å². The average molecular weight is 490 g/mol. The Morgan fingerprint density at radius 1 is 0.853 bits per heavy atom. The van der Waals surface area contributed by atoms with E-state index >= 15 is 0 Å². The van der Waals surface area contributed by atoms with E-state index in [1.54, 1.807) is 7.11 Å². The first kappa shape index (κ1) is 22.2. The van der Waals surface area contributed by atoms with E-state index in [-0.39, 0.29) is 0 Å². The maximum absolute atomic E-state index is 6.12. The fraction of sp³-hybridized carbons (Fsp3) is 0.120. The smallest absolute Gasteiger partial charge is 0.247 e. The Hall–Kier alpha value is -3.62. The molecule has 0 unspecified atom stereocenters. The molecule has 0 aliphatic carbocycles. The summed E-state index contributed by atoms with van der Waals surface area (Å²) >= 11 is 7.59. The van der Waals surface area contributed by atoms with Crippen LogP contribution in [0.15, 0.2) is 82.4 Å². The van der Waals surface area contributed by atoms with Gasteiger partial charge >= 0.3 is 0 Å². The second-order valence-corrected chi connectivity index (χ2v) is 8.88. The molecule has 0 saturated heterocycles. The fourth-order valence-corrected chi connectivity index (χ4v) is 4.28. The van der Waals surface area contributed by atoms with Crippen molar-refractivity contribution >= 4 is 23.4 Å². The first-order valence-corrected chi connectivity index (χ1v) is 11.8. The maximum atomic E-state index is 6.12.